The molecule has 0 radical (unpaired) electrons. The number of nitrogen functional groups attached to an aromatic ring is 1. The van der Waals surface area contributed by atoms with Gasteiger partial charge >= 0.3 is 27.2 Å². The van der Waals surface area contributed by atoms with Crippen LogP contribution in [0, 0.1) is 0 Å². The fourth-order valence-corrected chi connectivity index (χ4v) is 11.3. The molecule has 0 saturated carbocycles. The smallest absolute Gasteiger partial charge is 0.425 e. The van der Waals surface area contributed by atoms with Gasteiger partial charge in [0.2, 0.25) is 0 Å². The lowest BCUT2D eigenvalue weighted by Gasteiger charge is -2.15. The molecule has 8 aromatic rings. The Bertz CT molecular complexity index is 5310. The highest BCUT2D eigenvalue weighted by molar-refractivity contribution is 7.87. The summed E-state index contributed by atoms with van der Waals surface area (Å²) in [5, 5.41) is 69.6. The Labute approximate surface area is 503 Å². The second-order valence-corrected chi connectivity index (χ2v) is 24.8. The Kier molecular flexibility index (Phi) is 20.1. The third-order valence-electron chi connectivity index (χ3n) is 11.1. The number of hydrogen-bond acceptors (Lipinski definition) is 31. The van der Waals surface area contributed by atoms with Crippen molar-refractivity contribution in [1.29, 1.82) is 0 Å². The molecule has 0 aliphatic heterocycles. The number of carboxylic acid groups (broad SMARTS) is 1. The number of ether oxygens (including phenoxy) is 1. The van der Waals surface area contributed by atoms with Gasteiger partial charge in [0.1, 0.15) is 70.0 Å². The minimum absolute atomic E-state index is 0.0149. The number of nitrogens with two attached hydrogens (primary N) is 1. The molecule has 0 unspecified atom stereocenters. The van der Waals surface area contributed by atoms with Crippen molar-refractivity contribution in [2.75, 3.05) is 5.73 Å². The highest BCUT2D eigenvalue weighted by Crippen LogP contribution is 2.50. The first-order chi connectivity index (χ1) is 41.1. The van der Waals surface area contributed by atoms with Crippen LogP contribution in [0.4, 0.5) is 51.2 Å². The van der Waals surface area contributed by atoms with E-state index in [0.29, 0.717) is 18.2 Å². The van der Waals surface area contributed by atoms with Crippen molar-refractivity contribution >= 4 is 179 Å². The van der Waals surface area contributed by atoms with Gasteiger partial charge in [-0.3, -0.25) is 27.6 Å². The third kappa shape index (κ3) is 16.0. The normalized spacial score (nSPS) is 12.3. The Hall–Kier alpha value is -9.84. The first-order valence-electron chi connectivity index (χ1n) is 22.2. The van der Waals surface area contributed by atoms with Crippen molar-refractivity contribution in [1.82, 2.24) is 0 Å². The predicted octanol–water partition coefficient (Wildman–Crippen LogP) is 7.62. The van der Waals surface area contributed by atoms with Crippen LogP contribution >= 0.6 is 11.6 Å². The molecule has 0 heterocycles. The van der Waals surface area contributed by atoms with Crippen LogP contribution in [-0.2, 0) is 76.6 Å². The first kappa shape index (κ1) is 68.3. The zero-order chi connectivity index (χ0) is 66.6. The summed E-state index contributed by atoms with van der Waals surface area (Å²) in [4.78, 5) is 16.1. The van der Waals surface area contributed by atoms with Crippen molar-refractivity contribution in [3.8, 4) is 23.0 Å². The number of anilines is 1. The summed E-state index contributed by atoms with van der Waals surface area (Å²) in [7, 11) is -34.0. The van der Waals surface area contributed by atoms with Crippen molar-refractivity contribution < 1.29 is 125 Å². The van der Waals surface area contributed by atoms with Crippen LogP contribution in [0.2, 0.25) is 5.02 Å². The van der Waals surface area contributed by atoms with E-state index >= 15 is 0 Å². The number of phenols is 3. The molecule has 0 atom stereocenters. The van der Waals surface area contributed by atoms with Crippen molar-refractivity contribution in [3.63, 3.8) is 0 Å². The first-order valence-corrected chi connectivity index (χ1v) is 31.8. The molecule has 89 heavy (non-hydrogen) atoms. The third-order valence-corrected chi connectivity index (χ3v) is 15.8. The summed E-state index contributed by atoms with van der Waals surface area (Å²) < 4.78 is 235. The Balaban J connectivity index is 0.00000149. The number of nitrogens with zero attached hydrogens (tertiary/aromatic N) is 8. The summed E-state index contributed by atoms with van der Waals surface area (Å²) in [6.07, 6.45) is 0. The number of benzene rings is 8. The molecule has 11 N–H and O–H groups in total. The van der Waals surface area contributed by atoms with E-state index in [1.54, 1.807) is 0 Å². The van der Waals surface area contributed by atoms with E-state index in [2.05, 4.69) is 40.9 Å². The van der Waals surface area contributed by atoms with Gasteiger partial charge in [-0.15, -0.1) is 61.1 Å². The lowest BCUT2D eigenvalue weighted by atomic mass is 10.0. The van der Waals surface area contributed by atoms with Gasteiger partial charge < -0.3 is 30.9 Å². The second-order valence-electron chi connectivity index (χ2n) is 16.6. The zero-order valence-corrected chi connectivity index (χ0v) is 49.0. The van der Waals surface area contributed by atoms with E-state index in [9.17, 15) is 94.9 Å². The molecule has 0 spiro atoms. The molecule has 0 saturated heterocycles. The number of azo groups is 4. The number of aromatic carboxylic acids is 1. The highest BCUT2D eigenvalue weighted by atomic mass is 35.5. The lowest BCUT2D eigenvalue weighted by molar-refractivity contribution is -0.120. The molecule has 8 aromatic carbocycles. The Morgan fingerprint density at radius 3 is 1.55 bits per heavy atom. The molecular formula is C44H28ClN9O28S7. The number of phenolic OH excluding ortho intramolecular Hbond substituents is 3. The van der Waals surface area contributed by atoms with Crippen LogP contribution in [0.25, 0.3) is 32.3 Å². The fraction of sp³-hybridized carbons (Fsp3) is 0. The van der Waals surface area contributed by atoms with E-state index in [1.165, 1.54) is 24.3 Å². The molecule has 37 nitrogen and oxygen atoms in total. The van der Waals surface area contributed by atoms with Crippen molar-refractivity contribution in [3.05, 3.63) is 108 Å². The van der Waals surface area contributed by atoms with Crippen LogP contribution < -0.4 is 10.5 Å². The van der Waals surface area contributed by atoms with Crippen LogP contribution in [0.15, 0.2) is 162 Å². The van der Waals surface area contributed by atoms with Gasteiger partial charge in [-0.1, -0.05) is 23.7 Å². The van der Waals surface area contributed by atoms with E-state index < -0.39 is 186 Å². The van der Waals surface area contributed by atoms with Crippen molar-refractivity contribution in [2.24, 2.45) is 40.9 Å². The Morgan fingerprint density at radius 2 is 1.00 bits per heavy atom. The molecule has 466 valence electrons. The summed E-state index contributed by atoms with van der Waals surface area (Å²) in [6.45, 7) is 0.0389. The maximum Gasteiger partial charge on any atom is 0.425 e. The molecule has 0 aliphatic rings. The number of hydrogen-bond donors (Lipinski definition) is 10. The average Bonchev–Trinajstić information content (AvgIpc) is 0.845. The summed E-state index contributed by atoms with van der Waals surface area (Å²) >= 11 is 5.95. The second kappa shape index (κ2) is 26.2. The molecule has 0 aliphatic carbocycles. The summed E-state index contributed by atoms with van der Waals surface area (Å²) in [6, 6.07) is 15.0. The molecule has 0 bridgehead atoms. The highest BCUT2D eigenvalue weighted by Gasteiger charge is 2.31. The van der Waals surface area contributed by atoms with E-state index in [4.69, 9.17) is 47.3 Å². The standard InChI is InChI=1S/C44H28ClN9O22S5.2O3S/c45-19-2-1-3-20(11-19)47-53-38-34(79(67,68)69)14-25-22(41(38)57)7-9-28(43(25)81(73,74)75)49-52-31-16-32(77(61,62)63)26-15-35(80(70,71)72)39(42(58)36(26)37(31)46)54-51-30-13-24-18(10-33(30)78(64,65)66)4-8-27(40(24)56)48-50-29-12-21(76-17-55)5-6-23(29)44(59)60;2*1-4(2)3/h1-17,56-58H,46H2,(H,59,60)(H,61,62,63)(H,64,65,66)(H,67,68,69)(H,70,71,72)(H,73,74,75);;. The lowest BCUT2D eigenvalue weighted by Crippen LogP contribution is -2.04. The van der Waals surface area contributed by atoms with E-state index in [1.807, 2.05) is 0 Å². The molecule has 0 fully saturated rings. The quantitative estimate of drug-likeness (QED) is 0.0192. The van der Waals surface area contributed by atoms with Gasteiger partial charge in [-0.05, 0) is 84.2 Å². The topological polar surface area (TPSA) is 623 Å². The van der Waals surface area contributed by atoms with Gasteiger partial charge in [0.05, 0.1) is 22.3 Å². The summed E-state index contributed by atoms with van der Waals surface area (Å²) in [5.74, 6) is -5.16. The minimum atomic E-state index is -5.72. The van der Waals surface area contributed by atoms with Crippen molar-refractivity contribution in [2.45, 2.75) is 24.5 Å². The van der Waals surface area contributed by atoms with Gasteiger partial charge in [-0.25, -0.2) is 4.79 Å². The molecule has 8 rings (SSSR count). The summed E-state index contributed by atoms with van der Waals surface area (Å²) in [5.41, 5.74) is -1.10. The van der Waals surface area contributed by atoms with Gasteiger partial charge in [0, 0.05) is 32.6 Å². The predicted molar refractivity (Wildman–Crippen MR) is 298 cm³/mol. The number of carbonyl (C=O) groups excluding carboxylic acids is 1. The molecule has 45 heteroatoms. The maximum atomic E-state index is 13.0. The van der Waals surface area contributed by atoms with E-state index in [0.717, 1.165) is 48.5 Å². The van der Waals surface area contributed by atoms with Crippen LogP contribution in [0.1, 0.15) is 10.4 Å². The number of aromatic hydroxyl groups is 3. The van der Waals surface area contributed by atoms with Gasteiger partial charge in [-0.2, -0.15) is 47.2 Å². The van der Waals surface area contributed by atoms with Crippen LogP contribution in [-0.4, -0.2) is 123 Å². The van der Waals surface area contributed by atoms with Crippen LogP contribution in [0.3, 0.4) is 0 Å². The largest absolute Gasteiger partial charge is 0.505 e. The zero-order valence-electron chi connectivity index (χ0n) is 42.5. The average molecular weight is 1390 g/mol. The molecular weight excluding hydrogens is 1360 g/mol. The monoisotopic (exact) mass is 1390 g/mol. The fourth-order valence-electron chi connectivity index (χ4n) is 7.67. The van der Waals surface area contributed by atoms with Gasteiger partial charge in [0.15, 0.2) is 17.2 Å². The van der Waals surface area contributed by atoms with Gasteiger partial charge in [0.25, 0.3) is 57.1 Å². The number of halogens is 1. The number of fused-ring (bicyclic) bond motifs is 3. The van der Waals surface area contributed by atoms with Crippen LogP contribution in [0.5, 0.6) is 23.0 Å². The van der Waals surface area contributed by atoms with E-state index in [-0.39, 0.29) is 45.5 Å². The Morgan fingerprint density at radius 1 is 0.483 bits per heavy atom. The number of rotatable bonds is 16. The SMILES string of the molecule is Nc1c(N=Nc2ccc3c(O)c(N=Nc4cccc(Cl)c4)c(S(=O)(=O)O)cc3c2S(=O)(=O)O)cc(S(=O)(=O)O)c2cc(S(=O)(=O)O)c(N=Nc3cc4c(O)c(N=Nc5cc(OC=O)ccc5C(=O)O)ccc4cc3S(=O)(=O)O)c(O)c12.O=S(=O)=O.O=S(=O)=O. The molecule has 0 amide bonds. The maximum absolute atomic E-state index is 13.0. The number of carboxylic acids is 1. The minimum Gasteiger partial charge on any atom is -0.505 e. The molecule has 0 aromatic heterocycles. The number of carbonyl (C=O) groups is 2.